The summed E-state index contributed by atoms with van der Waals surface area (Å²) >= 11 is 0.952. The molecule has 0 saturated heterocycles. The van der Waals surface area contributed by atoms with Gasteiger partial charge in [0.05, 0.1) is 11.5 Å². The van der Waals surface area contributed by atoms with Gasteiger partial charge in [-0.1, -0.05) is 0 Å². The van der Waals surface area contributed by atoms with Crippen molar-refractivity contribution in [1.29, 1.82) is 0 Å². The number of aliphatic hydroxyl groups is 1. The van der Waals surface area contributed by atoms with Crippen LogP contribution >= 0.6 is 11.3 Å². The summed E-state index contributed by atoms with van der Waals surface area (Å²) in [6, 6.07) is -0.147. The molecule has 0 amide bonds. The maximum atomic E-state index is 10.3. The van der Waals surface area contributed by atoms with Gasteiger partial charge in [0.1, 0.15) is 6.20 Å². The van der Waals surface area contributed by atoms with E-state index in [1.54, 1.807) is 6.92 Å². The molecule has 1 aromatic heterocycles. The van der Waals surface area contributed by atoms with Gasteiger partial charge in [-0.25, -0.2) is 4.98 Å². The quantitative estimate of drug-likeness (QED) is 0.559. The lowest BCUT2D eigenvalue weighted by atomic mass is 10.4. The van der Waals surface area contributed by atoms with Gasteiger partial charge in [-0.2, -0.15) is 0 Å². The van der Waals surface area contributed by atoms with Crippen LogP contribution in [0.4, 0.5) is 10.1 Å². The Labute approximate surface area is 78.4 Å². The molecule has 0 radical (unpaired) electrons. The van der Waals surface area contributed by atoms with E-state index in [-0.39, 0.29) is 17.6 Å². The van der Waals surface area contributed by atoms with Gasteiger partial charge in [0.25, 0.3) is 0 Å². The van der Waals surface area contributed by atoms with Crippen molar-refractivity contribution >= 4 is 21.5 Å². The first kappa shape index (κ1) is 9.87. The molecule has 72 valence electrons. The van der Waals surface area contributed by atoms with Crippen LogP contribution in [0.2, 0.25) is 0 Å². The predicted molar refractivity (Wildman–Crippen MR) is 48.9 cm³/mol. The number of hydrogen-bond donors (Lipinski definition) is 2. The fourth-order valence-corrected chi connectivity index (χ4v) is 1.42. The molecule has 1 atom stereocenters. The summed E-state index contributed by atoms with van der Waals surface area (Å²) in [4.78, 5) is 13.6. The second-order valence-electron chi connectivity index (χ2n) is 2.49. The Morgan fingerprint density at radius 3 is 3.08 bits per heavy atom. The highest BCUT2D eigenvalue weighted by molar-refractivity contribution is 7.18. The summed E-state index contributed by atoms with van der Waals surface area (Å²) in [6.45, 7) is 1.72. The summed E-state index contributed by atoms with van der Waals surface area (Å²) in [5.41, 5.74) is 0. The molecule has 1 unspecified atom stereocenters. The van der Waals surface area contributed by atoms with Crippen molar-refractivity contribution in [3.8, 4) is 0 Å². The zero-order valence-corrected chi connectivity index (χ0v) is 7.74. The van der Waals surface area contributed by atoms with Crippen molar-refractivity contribution in [2.24, 2.45) is 0 Å². The van der Waals surface area contributed by atoms with Gasteiger partial charge in [0.15, 0.2) is 5.13 Å². The molecule has 1 rings (SSSR count). The highest BCUT2D eigenvalue weighted by Gasteiger charge is 2.12. The van der Waals surface area contributed by atoms with E-state index in [4.69, 9.17) is 5.11 Å². The Kier molecular flexibility index (Phi) is 3.15. The van der Waals surface area contributed by atoms with Gasteiger partial charge in [-0.3, -0.25) is 10.1 Å². The van der Waals surface area contributed by atoms with Gasteiger partial charge < -0.3 is 10.4 Å². The lowest BCUT2D eigenvalue weighted by Gasteiger charge is -2.07. The van der Waals surface area contributed by atoms with Crippen molar-refractivity contribution < 1.29 is 10.0 Å². The van der Waals surface area contributed by atoms with E-state index in [1.165, 1.54) is 6.20 Å². The van der Waals surface area contributed by atoms with E-state index in [0.29, 0.717) is 5.13 Å². The Morgan fingerprint density at radius 2 is 2.62 bits per heavy atom. The first-order chi connectivity index (χ1) is 6.13. The van der Waals surface area contributed by atoms with E-state index in [1.807, 2.05) is 0 Å². The molecule has 0 spiro atoms. The number of thiazole rings is 1. The lowest BCUT2D eigenvalue weighted by molar-refractivity contribution is -0.380. The van der Waals surface area contributed by atoms with Crippen LogP contribution in [0.1, 0.15) is 6.92 Å². The fraction of sp³-hybridized carbons (Fsp3) is 0.500. The molecule has 0 saturated carbocycles. The minimum Gasteiger partial charge on any atom is -0.394 e. The third-order valence-corrected chi connectivity index (χ3v) is 2.20. The van der Waals surface area contributed by atoms with Crippen molar-refractivity contribution in [2.45, 2.75) is 13.0 Å². The van der Waals surface area contributed by atoms with Crippen LogP contribution < -0.4 is 5.32 Å². The smallest absolute Gasteiger partial charge is 0.345 e. The Hall–Kier alpha value is -1.21. The first-order valence-corrected chi connectivity index (χ1v) is 4.42. The zero-order chi connectivity index (χ0) is 9.84. The highest BCUT2D eigenvalue weighted by atomic mass is 32.1. The SMILES string of the molecule is CC(CO)Nc1ncc([N+](=O)[O-])s1. The van der Waals surface area contributed by atoms with Crippen molar-refractivity contribution in [3.05, 3.63) is 16.3 Å². The van der Waals surface area contributed by atoms with Crippen molar-refractivity contribution in [2.75, 3.05) is 11.9 Å². The number of anilines is 1. The molecular formula is C6H9N3O3S. The van der Waals surface area contributed by atoms with Crippen molar-refractivity contribution in [1.82, 2.24) is 4.98 Å². The van der Waals surface area contributed by atoms with Crippen LogP contribution in [-0.4, -0.2) is 27.7 Å². The van der Waals surface area contributed by atoms with Gasteiger partial charge in [-0.05, 0) is 18.3 Å². The summed E-state index contributed by atoms with van der Waals surface area (Å²) in [5.74, 6) is 0. The third-order valence-electron chi connectivity index (χ3n) is 1.32. The average molecular weight is 203 g/mol. The van der Waals surface area contributed by atoms with Gasteiger partial charge in [0, 0.05) is 6.04 Å². The topological polar surface area (TPSA) is 88.3 Å². The molecule has 0 bridgehead atoms. The second-order valence-corrected chi connectivity index (χ2v) is 3.50. The molecule has 2 N–H and O–H groups in total. The zero-order valence-electron chi connectivity index (χ0n) is 6.93. The lowest BCUT2D eigenvalue weighted by Crippen LogP contribution is -2.18. The van der Waals surface area contributed by atoms with Gasteiger partial charge in [-0.15, -0.1) is 0 Å². The predicted octanol–water partition coefficient (Wildman–Crippen LogP) is 0.844. The van der Waals surface area contributed by atoms with E-state index in [2.05, 4.69) is 10.3 Å². The molecule has 6 nitrogen and oxygen atoms in total. The molecular weight excluding hydrogens is 194 g/mol. The minimum atomic E-state index is -0.494. The van der Waals surface area contributed by atoms with Gasteiger partial charge >= 0.3 is 5.00 Å². The molecule has 0 aliphatic rings. The van der Waals surface area contributed by atoms with E-state index >= 15 is 0 Å². The second kappa shape index (κ2) is 4.15. The maximum Gasteiger partial charge on any atom is 0.345 e. The van der Waals surface area contributed by atoms with Crippen LogP contribution in [0.15, 0.2) is 6.20 Å². The number of rotatable bonds is 4. The molecule has 1 heterocycles. The fourth-order valence-electron chi connectivity index (χ4n) is 0.673. The number of nitrogens with zero attached hydrogens (tertiary/aromatic N) is 2. The summed E-state index contributed by atoms with van der Waals surface area (Å²) in [5, 5.41) is 22.2. The molecule has 7 heteroatoms. The third kappa shape index (κ3) is 2.63. The molecule has 0 aliphatic heterocycles. The van der Waals surface area contributed by atoms with E-state index in [9.17, 15) is 10.1 Å². The summed E-state index contributed by atoms with van der Waals surface area (Å²) < 4.78 is 0. The molecule has 1 aromatic rings. The number of hydrogen-bond acceptors (Lipinski definition) is 6. The summed E-state index contributed by atoms with van der Waals surface area (Å²) in [7, 11) is 0. The normalized spacial score (nSPS) is 12.5. The number of nitrogens with one attached hydrogen (secondary N) is 1. The van der Waals surface area contributed by atoms with Crippen LogP contribution in [0, 0.1) is 10.1 Å². The van der Waals surface area contributed by atoms with Crippen LogP contribution in [0.5, 0.6) is 0 Å². The van der Waals surface area contributed by atoms with E-state index < -0.39 is 4.92 Å². The maximum absolute atomic E-state index is 10.3. The number of aromatic nitrogens is 1. The molecule has 0 aliphatic carbocycles. The minimum absolute atomic E-state index is 0.00682. The van der Waals surface area contributed by atoms with Crippen LogP contribution in [0.25, 0.3) is 0 Å². The highest BCUT2D eigenvalue weighted by Crippen LogP contribution is 2.25. The Balaban J connectivity index is 2.64. The summed E-state index contributed by atoms with van der Waals surface area (Å²) in [6.07, 6.45) is 1.19. The van der Waals surface area contributed by atoms with E-state index in [0.717, 1.165) is 11.3 Å². The number of nitro groups is 1. The number of aliphatic hydroxyl groups excluding tert-OH is 1. The Bertz CT molecular complexity index is 301. The average Bonchev–Trinajstić information content (AvgIpc) is 2.52. The van der Waals surface area contributed by atoms with Crippen LogP contribution in [0.3, 0.4) is 0 Å². The first-order valence-electron chi connectivity index (χ1n) is 3.61. The van der Waals surface area contributed by atoms with Gasteiger partial charge in [0.2, 0.25) is 0 Å². The molecule has 0 fully saturated rings. The monoisotopic (exact) mass is 203 g/mol. The van der Waals surface area contributed by atoms with Crippen LogP contribution in [-0.2, 0) is 0 Å². The standard InChI is InChI=1S/C6H9N3O3S/c1-4(3-10)8-6-7-2-5(13-6)9(11)12/h2,4,10H,3H2,1H3,(H,7,8). The molecule has 0 aromatic carbocycles. The Morgan fingerprint density at radius 1 is 1.92 bits per heavy atom. The largest absolute Gasteiger partial charge is 0.394 e. The van der Waals surface area contributed by atoms with Crippen molar-refractivity contribution in [3.63, 3.8) is 0 Å². The molecule has 13 heavy (non-hydrogen) atoms.